The maximum Gasteiger partial charge on any atom is 0.412 e. The normalized spacial score (nSPS) is 23.4. The quantitative estimate of drug-likeness (QED) is 0.432. The van der Waals surface area contributed by atoms with Crippen LogP contribution >= 0.6 is 0 Å². The molecule has 1 heterocycles. The average molecular weight is 462 g/mol. The molecule has 2 fully saturated rings. The molecule has 1 saturated carbocycles. The van der Waals surface area contributed by atoms with Crippen molar-refractivity contribution in [2.24, 2.45) is 5.92 Å². The van der Waals surface area contributed by atoms with Crippen LogP contribution in [0.5, 0.6) is 0 Å². The second-order valence-corrected chi connectivity index (χ2v) is 15.1. The van der Waals surface area contributed by atoms with E-state index in [1.807, 2.05) is 60.7 Å². The van der Waals surface area contributed by atoms with Gasteiger partial charge in [0.15, 0.2) is 6.10 Å². The summed E-state index contributed by atoms with van der Waals surface area (Å²) in [7, 11) is -1.72. The number of hydrogen-bond donors (Lipinski definition) is 1. The Hall–Kier alpha value is -2.55. The number of carbonyl (C=O) groups is 1. The lowest BCUT2D eigenvalue weighted by Crippen LogP contribution is -2.48. The van der Waals surface area contributed by atoms with Crippen molar-refractivity contribution < 1.29 is 14.6 Å². The van der Waals surface area contributed by atoms with E-state index in [9.17, 15) is 9.90 Å². The van der Waals surface area contributed by atoms with E-state index < -0.39 is 32.4 Å². The first-order valence-electron chi connectivity index (χ1n) is 12.1. The van der Waals surface area contributed by atoms with Gasteiger partial charge in [0.05, 0.1) is 6.10 Å². The molecule has 2 aliphatic rings. The molecule has 2 aromatic rings. The molecule has 1 aliphatic carbocycles. The smallest absolute Gasteiger partial charge is 0.412 e. The van der Waals surface area contributed by atoms with Crippen molar-refractivity contribution in [1.29, 1.82) is 0 Å². The monoisotopic (exact) mass is 461 g/mol. The summed E-state index contributed by atoms with van der Waals surface area (Å²) >= 11 is 0. The van der Waals surface area contributed by atoms with Gasteiger partial charge in [-0.3, -0.25) is 4.90 Å². The number of aliphatic hydroxyl groups is 1. The lowest BCUT2D eigenvalue weighted by Gasteiger charge is -2.36. The highest BCUT2D eigenvalue weighted by Crippen LogP contribution is 2.45. The molecule has 0 radical (unpaired) electrons. The fourth-order valence-electron chi connectivity index (χ4n) is 5.00. The first-order chi connectivity index (χ1) is 15.8. The van der Waals surface area contributed by atoms with Crippen LogP contribution in [0, 0.1) is 17.4 Å². The molecule has 0 aromatic heterocycles. The molecular formula is C28H35NO3Si. The molecule has 5 heteroatoms. The fraction of sp³-hybridized carbons (Fsp3) is 0.464. The summed E-state index contributed by atoms with van der Waals surface area (Å²) in [6.45, 7) is 6.56. The van der Waals surface area contributed by atoms with Crippen molar-refractivity contribution in [3.05, 3.63) is 71.8 Å². The third-order valence-electron chi connectivity index (χ3n) is 6.65. The molecular weight excluding hydrogens is 426 g/mol. The zero-order valence-electron chi connectivity index (χ0n) is 19.9. The van der Waals surface area contributed by atoms with Crippen molar-refractivity contribution >= 4 is 14.2 Å². The summed E-state index contributed by atoms with van der Waals surface area (Å²) in [5.74, 6) is 3.54. The molecule has 1 amide bonds. The summed E-state index contributed by atoms with van der Waals surface area (Å²) in [5.41, 5.74) is 5.39. The Kier molecular flexibility index (Phi) is 7.26. The van der Waals surface area contributed by atoms with Gasteiger partial charge in [-0.1, -0.05) is 105 Å². The van der Waals surface area contributed by atoms with Crippen LogP contribution in [0.1, 0.15) is 55.4 Å². The van der Waals surface area contributed by atoms with Crippen LogP contribution in [0.4, 0.5) is 4.79 Å². The minimum absolute atomic E-state index is 0.152. The van der Waals surface area contributed by atoms with Gasteiger partial charge in [-0.2, -0.15) is 0 Å². The zero-order chi connectivity index (χ0) is 23.4. The number of nitrogens with zero attached hydrogens (tertiary/aromatic N) is 1. The topological polar surface area (TPSA) is 49.8 Å². The number of aliphatic hydroxyl groups excluding tert-OH is 1. The molecule has 0 spiro atoms. The van der Waals surface area contributed by atoms with Gasteiger partial charge in [-0.25, -0.2) is 4.79 Å². The first kappa shape index (κ1) is 23.6. The molecule has 174 valence electrons. The predicted octanol–water partition coefficient (Wildman–Crippen LogP) is 6.11. The summed E-state index contributed by atoms with van der Waals surface area (Å²) in [6.07, 6.45) is 3.87. The Morgan fingerprint density at radius 1 is 0.939 bits per heavy atom. The van der Waals surface area contributed by atoms with E-state index in [0.717, 1.165) is 36.8 Å². The first-order valence-corrected chi connectivity index (χ1v) is 15.6. The molecule has 1 N–H and O–H groups in total. The van der Waals surface area contributed by atoms with Crippen LogP contribution < -0.4 is 0 Å². The van der Waals surface area contributed by atoms with Gasteiger partial charge >= 0.3 is 6.09 Å². The van der Waals surface area contributed by atoms with E-state index in [2.05, 4.69) is 31.1 Å². The molecule has 1 saturated heterocycles. The Balaban J connectivity index is 1.78. The highest BCUT2D eigenvalue weighted by molar-refractivity contribution is 6.83. The Labute approximate surface area is 199 Å². The summed E-state index contributed by atoms with van der Waals surface area (Å²) in [5, 5.41) is 11.6. The van der Waals surface area contributed by atoms with Gasteiger partial charge in [-0.05, 0) is 29.9 Å². The van der Waals surface area contributed by atoms with Crippen LogP contribution in [-0.2, 0) is 4.74 Å². The molecule has 0 bridgehead atoms. The standard InChI is InChI=1S/C28H35NO3Si/c1-33(2,3)20-19-24(26(30)22-15-9-5-10-16-22)29-25(21-13-7-4-8-14-21)27(32-28(29)31)23-17-11-6-12-18-23/h4,6-8,11-14,17-18,22,24-27,30H,5,9-10,15-16H2,1-3H3/t24-,25-,26-,27+/m1/s1. The van der Waals surface area contributed by atoms with Crippen molar-refractivity contribution in [3.8, 4) is 11.5 Å². The minimum Gasteiger partial charge on any atom is -0.439 e. The summed E-state index contributed by atoms with van der Waals surface area (Å²) in [4.78, 5) is 15.2. The Morgan fingerprint density at radius 3 is 2.09 bits per heavy atom. The van der Waals surface area contributed by atoms with Crippen LogP contribution in [0.2, 0.25) is 19.6 Å². The van der Waals surface area contributed by atoms with E-state index in [0.29, 0.717) is 0 Å². The van der Waals surface area contributed by atoms with Crippen molar-refractivity contribution in [1.82, 2.24) is 4.90 Å². The average Bonchev–Trinajstić information content (AvgIpc) is 3.17. The van der Waals surface area contributed by atoms with Crippen molar-refractivity contribution in [3.63, 3.8) is 0 Å². The minimum atomic E-state index is -1.72. The molecule has 2 aromatic carbocycles. The van der Waals surface area contributed by atoms with Gasteiger partial charge in [0.25, 0.3) is 0 Å². The second-order valence-electron chi connectivity index (χ2n) is 10.3. The van der Waals surface area contributed by atoms with Crippen molar-refractivity contribution in [2.45, 2.75) is 76.0 Å². The lowest BCUT2D eigenvalue weighted by atomic mass is 9.82. The molecule has 0 unspecified atom stereocenters. The molecule has 1 aliphatic heterocycles. The summed E-state index contributed by atoms with van der Waals surface area (Å²) < 4.78 is 6.00. The number of carbonyl (C=O) groups excluding carboxylic acids is 1. The number of amides is 1. The number of benzene rings is 2. The largest absolute Gasteiger partial charge is 0.439 e. The van der Waals surface area contributed by atoms with Gasteiger partial charge in [0, 0.05) is 0 Å². The fourth-order valence-corrected chi connectivity index (χ4v) is 5.58. The van der Waals surface area contributed by atoms with E-state index in [1.165, 1.54) is 6.42 Å². The van der Waals surface area contributed by atoms with Crippen LogP contribution in [0.15, 0.2) is 60.7 Å². The maximum atomic E-state index is 13.4. The van der Waals surface area contributed by atoms with E-state index >= 15 is 0 Å². The third kappa shape index (κ3) is 5.51. The van der Waals surface area contributed by atoms with E-state index in [4.69, 9.17) is 4.74 Å². The van der Waals surface area contributed by atoms with Gasteiger partial charge in [-0.15, -0.1) is 5.54 Å². The van der Waals surface area contributed by atoms with E-state index in [1.54, 1.807) is 4.90 Å². The zero-order valence-corrected chi connectivity index (χ0v) is 20.9. The number of rotatable bonds is 5. The predicted molar refractivity (Wildman–Crippen MR) is 134 cm³/mol. The third-order valence-corrected chi connectivity index (χ3v) is 7.54. The Morgan fingerprint density at radius 2 is 1.52 bits per heavy atom. The highest BCUT2D eigenvalue weighted by Gasteiger charge is 2.49. The van der Waals surface area contributed by atoms with Crippen LogP contribution in [0.25, 0.3) is 0 Å². The van der Waals surface area contributed by atoms with Crippen molar-refractivity contribution in [2.75, 3.05) is 0 Å². The summed E-state index contributed by atoms with van der Waals surface area (Å²) in [6, 6.07) is 19.0. The lowest BCUT2D eigenvalue weighted by molar-refractivity contribution is 0.0263. The van der Waals surface area contributed by atoms with Gasteiger partial charge in [0.2, 0.25) is 0 Å². The van der Waals surface area contributed by atoms with E-state index in [-0.39, 0.29) is 12.0 Å². The van der Waals surface area contributed by atoms with Crippen LogP contribution in [-0.4, -0.2) is 36.3 Å². The number of hydrogen-bond acceptors (Lipinski definition) is 3. The highest BCUT2D eigenvalue weighted by atomic mass is 28.3. The molecule has 4 rings (SSSR count). The van der Waals surface area contributed by atoms with Crippen LogP contribution in [0.3, 0.4) is 0 Å². The maximum absolute atomic E-state index is 13.4. The number of cyclic esters (lactones) is 1. The second kappa shape index (κ2) is 10.2. The molecule has 4 atom stereocenters. The van der Waals surface area contributed by atoms with Gasteiger partial charge in [0.1, 0.15) is 20.2 Å². The molecule has 4 nitrogen and oxygen atoms in total. The Bertz CT molecular complexity index is 987. The number of ether oxygens (including phenoxy) is 1. The molecule has 33 heavy (non-hydrogen) atoms. The SMILES string of the molecule is C[Si](C)(C)C#C[C@H]([C@H](O)C1CCCCC1)N1C(=O)O[C@@H](c2ccccc2)[C@H]1c1ccccc1. The van der Waals surface area contributed by atoms with Gasteiger partial charge < -0.3 is 9.84 Å².